The van der Waals surface area contributed by atoms with Crippen molar-refractivity contribution in [3.8, 4) is 0 Å². The Morgan fingerprint density at radius 2 is 1.86 bits per heavy atom. The fraction of sp³-hybridized carbons (Fsp3) is 0.0556. The van der Waals surface area contributed by atoms with Crippen LogP contribution in [0.2, 0.25) is 0 Å². The molecule has 2 heterocycles. The van der Waals surface area contributed by atoms with Gasteiger partial charge < -0.3 is 5.32 Å². The SMILES string of the molecule is CS(=O)(=O)c1nc(C(=O)Nc2ccccc2/C=C/C(=O)NO)c2ccccn12. The number of carbonyl (C=O) groups is 2. The number of imidazole rings is 1. The van der Waals surface area contributed by atoms with E-state index in [2.05, 4.69) is 10.3 Å². The molecule has 2 amide bonds. The monoisotopic (exact) mass is 400 g/mol. The minimum absolute atomic E-state index is 0.0482. The van der Waals surface area contributed by atoms with E-state index in [-0.39, 0.29) is 10.9 Å². The average Bonchev–Trinajstić information content (AvgIpc) is 3.07. The summed E-state index contributed by atoms with van der Waals surface area (Å²) in [4.78, 5) is 28.0. The molecule has 0 atom stereocenters. The highest BCUT2D eigenvalue weighted by molar-refractivity contribution is 7.90. The van der Waals surface area contributed by atoms with Gasteiger partial charge in [-0.2, -0.15) is 0 Å². The highest BCUT2D eigenvalue weighted by Crippen LogP contribution is 2.21. The van der Waals surface area contributed by atoms with E-state index in [1.165, 1.54) is 22.2 Å². The molecule has 3 aromatic rings. The second-order valence-corrected chi connectivity index (χ2v) is 7.73. The number of nitrogens with one attached hydrogen (secondary N) is 2. The molecule has 0 radical (unpaired) electrons. The normalized spacial score (nSPS) is 11.6. The van der Waals surface area contributed by atoms with Crippen LogP contribution >= 0.6 is 0 Å². The predicted octanol–water partition coefficient (Wildman–Crippen LogP) is 1.51. The number of benzene rings is 1. The number of aromatic nitrogens is 2. The number of rotatable bonds is 5. The van der Waals surface area contributed by atoms with Crippen molar-refractivity contribution >= 4 is 38.9 Å². The van der Waals surface area contributed by atoms with Crippen LogP contribution in [-0.2, 0) is 14.6 Å². The number of para-hydroxylation sites is 1. The van der Waals surface area contributed by atoms with Gasteiger partial charge in [0, 0.05) is 24.2 Å². The Labute approximate surface area is 160 Å². The molecule has 2 aromatic heterocycles. The van der Waals surface area contributed by atoms with Crippen molar-refractivity contribution in [3.63, 3.8) is 0 Å². The molecule has 3 N–H and O–H groups in total. The van der Waals surface area contributed by atoms with Crippen LogP contribution in [0.25, 0.3) is 11.6 Å². The van der Waals surface area contributed by atoms with Crippen molar-refractivity contribution in [1.29, 1.82) is 0 Å². The lowest BCUT2D eigenvalue weighted by Crippen LogP contribution is -2.15. The van der Waals surface area contributed by atoms with Gasteiger partial charge in [-0.1, -0.05) is 24.3 Å². The molecule has 0 unspecified atom stereocenters. The van der Waals surface area contributed by atoms with E-state index in [9.17, 15) is 18.0 Å². The molecular weight excluding hydrogens is 384 g/mol. The van der Waals surface area contributed by atoms with Gasteiger partial charge in [0.2, 0.25) is 15.0 Å². The summed E-state index contributed by atoms with van der Waals surface area (Å²) in [5.74, 6) is -1.33. The van der Waals surface area contributed by atoms with Gasteiger partial charge in [-0.15, -0.1) is 0 Å². The Morgan fingerprint density at radius 3 is 2.57 bits per heavy atom. The number of hydroxylamine groups is 1. The Bertz CT molecular complexity index is 1200. The number of nitrogens with zero attached hydrogens (tertiary/aromatic N) is 2. The fourth-order valence-electron chi connectivity index (χ4n) is 2.58. The first kappa shape index (κ1) is 19.3. The zero-order chi connectivity index (χ0) is 20.3. The summed E-state index contributed by atoms with van der Waals surface area (Å²) >= 11 is 0. The van der Waals surface area contributed by atoms with Gasteiger partial charge >= 0.3 is 0 Å². The number of pyridine rings is 1. The molecule has 1 aromatic carbocycles. The van der Waals surface area contributed by atoms with Gasteiger partial charge in [-0.3, -0.25) is 19.2 Å². The van der Waals surface area contributed by atoms with E-state index in [1.807, 2.05) is 0 Å². The van der Waals surface area contributed by atoms with Crippen LogP contribution < -0.4 is 10.8 Å². The largest absolute Gasteiger partial charge is 0.320 e. The lowest BCUT2D eigenvalue weighted by Gasteiger charge is -2.07. The second kappa shape index (κ2) is 7.62. The molecule has 10 heteroatoms. The van der Waals surface area contributed by atoms with Gasteiger partial charge in [-0.25, -0.2) is 18.9 Å². The molecule has 0 spiro atoms. The Hall–Kier alpha value is -3.50. The second-order valence-electron chi connectivity index (χ2n) is 5.82. The molecular formula is C18H16N4O5S. The van der Waals surface area contributed by atoms with Crippen molar-refractivity contribution in [1.82, 2.24) is 14.9 Å². The summed E-state index contributed by atoms with van der Waals surface area (Å²) in [6.07, 6.45) is 5.04. The summed E-state index contributed by atoms with van der Waals surface area (Å²) < 4.78 is 25.3. The first-order chi connectivity index (χ1) is 13.3. The Morgan fingerprint density at radius 1 is 1.14 bits per heavy atom. The number of sulfone groups is 1. The maximum Gasteiger partial charge on any atom is 0.276 e. The molecule has 0 aliphatic heterocycles. The van der Waals surface area contributed by atoms with E-state index < -0.39 is 21.7 Å². The highest BCUT2D eigenvalue weighted by atomic mass is 32.2. The molecule has 0 aliphatic carbocycles. The number of carbonyl (C=O) groups excluding carboxylic acids is 2. The minimum atomic E-state index is -3.65. The molecule has 0 bridgehead atoms. The smallest absolute Gasteiger partial charge is 0.276 e. The van der Waals surface area contributed by atoms with Crippen molar-refractivity contribution in [2.24, 2.45) is 0 Å². The topological polar surface area (TPSA) is 130 Å². The standard InChI is InChI=1S/C18H16N4O5S/c1-28(26,27)18-20-16(14-8-4-5-11-22(14)18)17(24)19-13-7-3-2-6-12(13)9-10-15(23)21-25/h2-11,25H,1H3,(H,19,24)(H,21,23)/b10-9+. The number of anilines is 1. The third kappa shape index (κ3) is 3.92. The zero-order valence-electron chi connectivity index (χ0n) is 14.7. The molecule has 0 saturated carbocycles. The third-order valence-electron chi connectivity index (χ3n) is 3.80. The quantitative estimate of drug-likeness (QED) is 0.338. The zero-order valence-corrected chi connectivity index (χ0v) is 15.5. The van der Waals surface area contributed by atoms with E-state index >= 15 is 0 Å². The van der Waals surface area contributed by atoms with Crippen LogP contribution in [0.5, 0.6) is 0 Å². The molecule has 0 aliphatic rings. The van der Waals surface area contributed by atoms with E-state index in [0.717, 1.165) is 12.3 Å². The van der Waals surface area contributed by atoms with Crippen molar-refractivity contribution < 1.29 is 23.2 Å². The lowest BCUT2D eigenvalue weighted by atomic mass is 10.1. The van der Waals surface area contributed by atoms with Crippen LogP contribution in [0.15, 0.2) is 59.9 Å². The van der Waals surface area contributed by atoms with E-state index in [1.54, 1.807) is 42.5 Å². The maximum absolute atomic E-state index is 12.8. The summed E-state index contributed by atoms with van der Waals surface area (Å²) in [6, 6.07) is 11.6. The van der Waals surface area contributed by atoms with Crippen LogP contribution in [0.1, 0.15) is 16.1 Å². The molecule has 144 valence electrons. The van der Waals surface area contributed by atoms with E-state index in [0.29, 0.717) is 16.8 Å². The number of hydrogen-bond donors (Lipinski definition) is 3. The summed E-state index contributed by atoms with van der Waals surface area (Å²) in [7, 11) is -3.65. The molecule has 9 nitrogen and oxygen atoms in total. The van der Waals surface area contributed by atoms with Gasteiger partial charge in [-0.05, 0) is 29.8 Å². The van der Waals surface area contributed by atoms with Crippen LogP contribution in [-0.4, -0.2) is 41.1 Å². The van der Waals surface area contributed by atoms with Crippen molar-refractivity contribution in [2.45, 2.75) is 5.16 Å². The summed E-state index contributed by atoms with van der Waals surface area (Å²) in [5, 5.41) is 11.0. The van der Waals surface area contributed by atoms with Gasteiger partial charge in [0.15, 0.2) is 5.69 Å². The van der Waals surface area contributed by atoms with Crippen LogP contribution in [0.3, 0.4) is 0 Å². The first-order valence-electron chi connectivity index (χ1n) is 8.01. The average molecular weight is 400 g/mol. The van der Waals surface area contributed by atoms with Crippen molar-refractivity contribution in [2.75, 3.05) is 11.6 Å². The predicted molar refractivity (Wildman–Crippen MR) is 102 cm³/mol. The molecule has 3 rings (SSSR count). The first-order valence-corrected chi connectivity index (χ1v) is 9.90. The van der Waals surface area contributed by atoms with Gasteiger partial charge in [0.1, 0.15) is 0 Å². The Kier molecular flexibility index (Phi) is 5.25. The summed E-state index contributed by atoms with van der Waals surface area (Å²) in [5.41, 5.74) is 2.66. The summed E-state index contributed by atoms with van der Waals surface area (Å²) in [6.45, 7) is 0. The fourth-order valence-corrected chi connectivity index (χ4v) is 3.35. The lowest BCUT2D eigenvalue weighted by molar-refractivity contribution is -0.124. The number of amides is 2. The van der Waals surface area contributed by atoms with E-state index in [4.69, 9.17) is 5.21 Å². The minimum Gasteiger partial charge on any atom is -0.320 e. The van der Waals surface area contributed by atoms with Gasteiger partial charge in [0.25, 0.3) is 11.8 Å². The van der Waals surface area contributed by atoms with Gasteiger partial charge in [0.05, 0.1) is 5.52 Å². The Balaban J connectivity index is 2.00. The highest BCUT2D eigenvalue weighted by Gasteiger charge is 2.23. The molecule has 0 saturated heterocycles. The van der Waals surface area contributed by atoms with Crippen LogP contribution in [0, 0.1) is 0 Å². The van der Waals surface area contributed by atoms with Crippen molar-refractivity contribution in [3.05, 3.63) is 66.0 Å². The third-order valence-corrected chi connectivity index (χ3v) is 4.75. The molecule has 0 fully saturated rings. The molecule has 28 heavy (non-hydrogen) atoms. The van der Waals surface area contributed by atoms with Crippen LogP contribution in [0.4, 0.5) is 5.69 Å². The number of fused-ring (bicyclic) bond motifs is 1. The number of hydrogen-bond acceptors (Lipinski definition) is 6. The maximum atomic E-state index is 12.8.